The van der Waals surface area contributed by atoms with E-state index in [9.17, 15) is 0 Å². The van der Waals surface area contributed by atoms with Crippen LogP contribution in [0.25, 0.3) is 0 Å². The third-order valence-corrected chi connectivity index (χ3v) is 0.250. The molecule has 0 aromatic rings. The van der Waals surface area contributed by atoms with Crippen LogP contribution in [0.15, 0.2) is 0 Å². The second-order valence-electron chi connectivity index (χ2n) is 0.680. The monoisotopic (exact) mass is 206 g/mol. The van der Waals surface area contributed by atoms with Crippen LogP contribution >= 0.6 is 0 Å². The second kappa shape index (κ2) is 19.3. The number of hydrogen-bond acceptors (Lipinski definition) is 12. The van der Waals surface area contributed by atoms with E-state index < -0.39 is 0 Å². The molecular weight excluding hydrogens is 206 g/mol. The first-order valence-electron chi connectivity index (χ1n) is 1.83. The molecule has 0 atom stereocenters. The van der Waals surface area contributed by atoms with Crippen LogP contribution in [0.3, 0.4) is 0 Å². The zero-order valence-electron chi connectivity index (χ0n) is 6.90. The number of rotatable bonds is 9. The van der Waals surface area contributed by atoms with Gasteiger partial charge in [-0.2, -0.15) is 0 Å². The third kappa shape index (κ3) is 18.5. The molecule has 0 saturated heterocycles. The topological polar surface area (TPSA) is 138 Å². The summed E-state index contributed by atoms with van der Waals surface area (Å²) >= 11 is 0. The van der Waals surface area contributed by atoms with Gasteiger partial charge in [0, 0.05) is 0 Å². The van der Waals surface area contributed by atoms with E-state index in [2.05, 4.69) is 50.4 Å². The van der Waals surface area contributed by atoms with Gasteiger partial charge >= 0.3 is 37.7 Å². The van der Waals surface area contributed by atoms with Crippen molar-refractivity contribution >= 4 is 0 Å². The van der Waals surface area contributed by atoms with Gasteiger partial charge in [0.15, 0.2) is 0 Å². The van der Waals surface area contributed by atoms with E-state index in [4.69, 9.17) is 10.5 Å². The molecule has 0 saturated carbocycles. The van der Waals surface area contributed by atoms with Crippen molar-refractivity contribution in [3.63, 3.8) is 0 Å². The van der Waals surface area contributed by atoms with E-state index in [-0.39, 0.29) is 37.7 Å². The summed E-state index contributed by atoms with van der Waals surface area (Å²) in [5.41, 5.74) is 0. The minimum Gasteiger partial charge on any atom is -0.689 e. The summed E-state index contributed by atoms with van der Waals surface area (Å²) in [5, 5.41) is 49.0. The molecule has 0 unspecified atom stereocenters. The average Bonchev–Trinajstić information content (AvgIpc) is 2.10. The Labute approximate surface area is 98.9 Å². The molecule has 0 heterocycles. The van der Waals surface area contributed by atoms with Gasteiger partial charge < -0.3 is 10.5 Å². The van der Waals surface area contributed by atoms with Crippen molar-refractivity contribution in [3.8, 4) is 0 Å². The van der Waals surface area contributed by atoms with Crippen LogP contribution in [-0.4, -0.2) is 0 Å². The molecule has 0 rings (SSSR count). The van der Waals surface area contributed by atoms with Crippen molar-refractivity contribution in [1.29, 1.82) is 0 Å². The SMILES string of the molecule is [Li+].[Li+].[O-]OOOOOOOOOO[O-]. The summed E-state index contributed by atoms with van der Waals surface area (Å²) in [4.78, 5) is 0. The van der Waals surface area contributed by atoms with Crippen molar-refractivity contribution in [3.05, 3.63) is 0 Å². The Bertz CT molecular complexity index is 64.7. The Kier molecular flexibility index (Phi) is 27.8. The Hall–Kier alpha value is 0.715. The normalized spacial score (nSPS) is 9.00. The third-order valence-electron chi connectivity index (χ3n) is 0.250. The predicted octanol–water partition coefficient (Wildman–Crippen LogP) is -9.05. The predicted molar refractivity (Wildman–Crippen MR) is 10.9 cm³/mol. The molecule has 0 aliphatic carbocycles. The molecule has 0 spiro atoms. The molecule has 0 aromatic heterocycles. The van der Waals surface area contributed by atoms with Gasteiger partial charge in [0.25, 0.3) is 0 Å². The molecule has 14 heteroatoms. The first kappa shape index (κ1) is 20.2. The quantitative estimate of drug-likeness (QED) is 0.153. The van der Waals surface area contributed by atoms with Crippen LogP contribution in [0, 0.1) is 0 Å². The van der Waals surface area contributed by atoms with E-state index in [1.165, 1.54) is 0 Å². The standard InChI is InChI=1S/2Li.H2O12/c;;1-3-5-7-9-11-12-10-8-6-4-2/h;;1-2H/q2*+1;/p-2. The fourth-order valence-electron chi connectivity index (χ4n) is 0.0907. The van der Waals surface area contributed by atoms with Crippen molar-refractivity contribution < 1.29 is 98.6 Å². The van der Waals surface area contributed by atoms with Crippen LogP contribution in [0.4, 0.5) is 0 Å². The molecule has 0 aliphatic rings. The van der Waals surface area contributed by atoms with Crippen molar-refractivity contribution in [1.82, 2.24) is 0 Å². The first-order valence-corrected chi connectivity index (χ1v) is 1.83. The molecule has 0 aliphatic heterocycles. The number of hydrogen-bond donors (Lipinski definition) is 0. The summed E-state index contributed by atoms with van der Waals surface area (Å²) in [6.45, 7) is 0. The van der Waals surface area contributed by atoms with Crippen molar-refractivity contribution in [2.24, 2.45) is 0 Å². The van der Waals surface area contributed by atoms with Crippen LogP contribution in [-0.2, 0) is 50.4 Å². The Morgan fingerprint density at radius 1 is 0.429 bits per heavy atom. The Morgan fingerprint density at radius 3 is 0.857 bits per heavy atom. The fraction of sp³-hybridized carbons (Fsp3) is 0. The maximum atomic E-state index is 8.95. The average molecular weight is 206 g/mol. The molecule has 74 valence electrons. The Morgan fingerprint density at radius 2 is 0.643 bits per heavy atom. The van der Waals surface area contributed by atoms with Gasteiger partial charge in [-0.15, -0.1) is 0 Å². The molecule has 14 heavy (non-hydrogen) atoms. The summed E-state index contributed by atoms with van der Waals surface area (Å²) in [6, 6.07) is 0. The molecule has 0 aromatic carbocycles. The maximum absolute atomic E-state index is 8.95. The maximum Gasteiger partial charge on any atom is 1.00 e. The van der Waals surface area contributed by atoms with E-state index in [0.717, 1.165) is 0 Å². The van der Waals surface area contributed by atoms with E-state index >= 15 is 0 Å². The van der Waals surface area contributed by atoms with Crippen LogP contribution < -0.4 is 48.2 Å². The minimum atomic E-state index is 0. The second-order valence-corrected chi connectivity index (χ2v) is 0.680. The fourth-order valence-corrected chi connectivity index (χ4v) is 0.0907. The minimum absolute atomic E-state index is 0. The molecule has 0 amide bonds. The Balaban J connectivity index is -0.000000605. The molecule has 0 N–H and O–H groups in total. The van der Waals surface area contributed by atoms with Crippen molar-refractivity contribution in [2.75, 3.05) is 0 Å². The zero-order chi connectivity index (χ0) is 9.07. The van der Waals surface area contributed by atoms with Gasteiger partial charge in [0.1, 0.15) is 0 Å². The van der Waals surface area contributed by atoms with Gasteiger partial charge in [-0.3, -0.25) is 10.1 Å². The molecule has 0 fully saturated rings. The van der Waals surface area contributed by atoms with E-state index in [0.29, 0.717) is 0 Å². The van der Waals surface area contributed by atoms with Crippen LogP contribution in [0.5, 0.6) is 0 Å². The zero-order valence-corrected chi connectivity index (χ0v) is 6.90. The van der Waals surface area contributed by atoms with E-state index in [1.807, 2.05) is 0 Å². The summed E-state index contributed by atoms with van der Waals surface area (Å²) < 4.78 is 0. The van der Waals surface area contributed by atoms with Gasteiger partial charge in [-0.25, -0.2) is 0 Å². The summed E-state index contributed by atoms with van der Waals surface area (Å²) in [5.74, 6) is 0. The van der Waals surface area contributed by atoms with Crippen molar-refractivity contribution in [2.45, 2.75) is 0 Å². The van der Waals surface area contributed by atoms with Crippen LogP contribution in [0.2, 0.25) is 0 Å². The molecular formula is Li2O12. The van der Waals surface area contributed by atoms with Gasteiger partial charge in [-0.1, -0.05) is 0 Å². The smallest absolute Gasteiger partial charge is 0.689 e. The first-order chi connectivity index (χ1) is 5.91. The molecule has 12 nitrogen and oxygen atoms in total. The summed E-state index contributed by atoms with van der Waals surface area (Å²) in [6.07, 6.45) is 0. The van der Waals surface area contributed by atoms with E-state index in [1.54, 1.807) is 0 Å². The largest absolute Gasteiger partial charge is 1.00 e. The van der Waals surface area contributed by atoms with Gasteiger partial charge in [0.2, 0.25) is 0 Å². The van der Waals surface area contributed by atoms with Crippen LogP contribution in [0.1, 0.15) is 0 Å². The van der Waals surface area contributed by atoms with Gasteiger partial charge in [0.05, 0.1) is 0 Å². The summed E-state index contributed by atoms with van der Waals surface area (Å²) in [7, 11) is 0. The molecule has 0 radical (unpaired) electrons. The van der Waals surface area contributed by atoms with Gasteiger partial charge in [-0.05, 0) is 40.3 Å². The molecule has 0 bridgehead atoms.